The van der Waals surface area contributed by atoms with E-state index in [0.717, 1.165) is 68.2 Å². The Balaban J connectivity index is 0.806. The van der Waals surface area contributed by atoms with Gasteiger partial charge in [0.2, 0.25) is 0 Å². The summed E-state index contributed by atoms with van der Waals surface area (Å²) in [6, 6.07) is 55.4. The predicted octanol–water partition coefficient (Wildman–Crippen LogP) is 15.4. The molecule has 5 heteroatoms. The maximum absolute atomic E-state index is 11.6. The highest BCUT2D eigenvalue weighted by Gasteiger charge is 2.70. The average molecular weight is 968 g/mol. The Kier molecular flexibility index (Phi) is 9.72. The first kappa shape index (κ1) is 45.3. The number of hydrogen-bond acceptors (Lipinski definition) is 5. The molecule has 7 aromatic carbocycles. The van der Waals surface area contributed by atoms with E-state index in [2.05, 4.69) is 216 Å². The Labute approximate surface area is 434 Å². The minimum atomic E-state index is -2.96. The summed E-state index contributed by atoms with van der Waals surface area (Å²) in [5.74, 6) is -1.96. The molecule has 3 N–H and O–H groups in total. The quantitative estimate of drug-likeness (QED) is 0.110. The van der Waals surface area contributed by atoms with Crippen LogP contribution in [0.5, 0.6) is 5.75 Å². The van der Waals surface area contributed by atoms with Gasteiger partial charge in [0.05, 0.1) is 0 Å². The van der Waals surface area contributed by atoms with Gasteiger partial charge in [0.25, 0.3) is 5.97 Å². The van der Waals surface area contributed by atoms with Gasteiger partial charge in [-0.15, -0.1) is 0 Å². The fourth-order valence-corrected chi connectivity index (χ4v) is 15.4. The smallest absolute Gasteiger partial charge is 0.290 e. The number of rotatable bonds is 7. The molecule has 5 unspecified atom stereocenters. The Hall–Kier alpha value is -7.28. The summed E-state index contributed by atoms with van der Waals surface area (Å²) in [6.45, 7) is 11.5. The summed E-state index contributed by atoms with van der Waals surface area (Å²) in [4.78, 5) is 2.43. The molecule has 0 spiro atoms. The number of anilines is 3. The first-order valence-corrected chi connectivity index (χ1v) is 26.6. The molecule has 7 aliphatic rings. The first-order valence-electron chi connectivity index (χ1n) is 26.6. The van der Waals surface area contributed by atoms with Gasteiger partial charge >= 0.3 is 0 Å². The van der Waals surface area contributed by atoms with E-state index in [1.54, 1.807) is 0 Å². The summed E-state index contributed by atoms with van der Waals surface area (Å²) >= 11 is 0. The summed E-state index contributed by atoms with van der Waals surface area (Å²) in [7, 11) is 0. The van der Waals surface area contributed by atoms with Crippen molar-refractivity contribution in [2.45, 2.75) is 100 Å². The Morgan fingerprint density at radius 3 is 1.76 bits per heavy atom. The second-order valence-corrected chi connectivity index (χ2v) is 23.2. The maximum atomic E-state index is 11.6. The molecule has 7 aromatic rings. The molecule has 0 bridgehead atoms. The van der Waals surface area contributed by atoms with E-state index >= 15 is 0 Å². The Bertz CT molecular complexity index is 3580. The first-order chi connectivity index (χ1) is 35.7. The van der Waals surface area contributed by atoms with E-state index in [1.807, 2.05) is 18.2 Å². The van der Waals surface area contributed by atoms with Crippen molar-refractivity contribution in [2.24, 2.45) is 5.41 Å². The average Bonchev–Trinajstić information content (AvgIpc) is 4.07. The summed E-state index contributed by atoms with van der Waals surface area (Å²) < 4.78 is 7.17. The van der Waals surface area contributed by atoms with Crippen molar-refractivity contribution < 1.29 is 20.1 Å². The number of allylic oxidation sites excluding steroid dienone is 6. The third kappa shape index (κ3) is 6.09. The van der Waals surface area contributed by atoms with Crippen molar-refractivity contribution >= 4 is 17.1 Å². The Morgan fingerprint density at radius 1 is 0.541 bits per heavy atom. The molecule has 14 rings (SSSR count). The zero-order valence-electron chi connectivity index (χ0n) is 42.7. The fourth-order valence-electron chi connectivity index (χ4n) is 15.4. The van der Waals surface area contributed by atoms with Gasteiger partial charge in [0, 0.05) is 44.9 Å². The molecule has 74 heavy (non-hydrogen) atoms. The summed E-state index contributed by atoms with van der Waals surface area (Å²) in [6.07, 6.45) is 17.6. The van der Waals surface area contributed by atoms with E-state index in [9.17, 15) is 15.3 Å². The molecule has 6 aliphatic carbocycles. The van der Waals surface area contributed by atoms with Gasteiger partial charge in [-0.25, -0.2) is 0 Å². The number of benzene rings is 7. The molecule has 0 saturated carbocycles. The lowest BCUT2D eigenvalue weighted by Crippen LogP contribution is -2.61. The van der Waals surface area contributed by atoms with Gasteiger partial charge in [0.1, 0.15) is 17.3 Å². The molecule has 1 heterocycles. The van der Waals surface area contributed by atoms with Crippen molar-refractivity contribution in [3.05, 3.63) is 250 Å². The third-order valence-electron chi connectivity index (χ3n) is 18.9. The second-order valence-electron chi connectivity index (χ2n) is 23.2. The molecule has 5 atom stereocenters. The number of hydrogen-bond donors (Lipinski definition) is 3. The predicted molar refractivity (Wildman–Crippen MR) is 298 cm³/mol. The fraction of sp³-hybridized carbons (Fsp3) is 0.246. The van der Waals surface area contributed by atoms with Crippen molar-refractivity contribution in [1.82, 2.24) is 0 Å². The SMILES string of the molecule is CC1(C)c2ccccc2-c2ccc(N(c3ccc(-c4cccc5c4OC4C(C6=CC=C(C7(C(O)(O)O)c8ccccc8C8CC=CCC87C)CC6)=CC=CC54)cc3)c3ccc4c(c3)C(C)(C)c3ccccc3-4)cc21. The summed E-state index contributed by atoms with van der Waals surface area (Å²) in [5.41, 5.74) is 20.0. The van der Waals surface area contributed by atoms with E-state index < -0.39 is 16.8 Å². The second kappa shape index (κ2) is 15.9. The molecule has 0 radical (unpaired) electrons. The van der Waals surface area contributed by atoms with Gasteiger partial charge in [0.15, 0.2) is 0 Å². The molecular weight excluding hydrogens is 907 g/mol. The molecule has 366 valence electrons. The lowest BCUT2D eigenvalue weighted by Gasteiger charge is -2.53. The van der Waals surface area contributed by atoms with E-state index in [4.69, 9.17) is 4.74 Å². The van der Waals surface area contributed by atoms with E-state index in [-0.39, 0.29) is 28.8 Å². The van der Waals surface area contributed by atoms with Crippen LogP contribution in [0.2, 0.25) is 0 Å². The molecule has 5 nitrogen and oxygen atoms in total. The maximum Gasteiger partial charge on any atom is 0.290 e. The molecule has 1 aliphatic heterocycles. The largest absolute Gasteiger partial charge is 0.484 e. The third-order valence-corrected chi connectivity index (χ3v) is 18.9. The van der Waals surface area contributed by atoms with Crippen LogP contribution in [0.25, 0.3) is 33.4 Å². The topological polar surface area (TPSA) is 73.2 Å². The van der Waals surface area contributed by atoms with Gasteiger partial charge in [-0.1, -0.05) is 198 Å². The standard InChI is InChI=1S/C69H61NO4/c1-65(2)57-23-9-6-16-50(57)52-37-35-46(40-61(52)65)70(47-36-38-53-51-17-7-10-24-58(51)66(3,4)62(53)41-47)45-33-29-43(30-34-45)49-20-15-22-55-54-21-14-19-48(63(54)74-64(49)55)42-27-31-44(32-28-42)68(69(71,72)73)60-26-11-8-18-56(60)59-25-12-13-39-67(59,68)5/h6-24,26-27,29-31,33-38,40-41,54,59,63,71-73H,25,28,32,39H2,1-5H3. The van der Waals surface area contributed by atoms with Crippen LogP contribution in [0, 0.1) is 5.41 Å². The molecular formula is C69H61NO4. The zero-order chi connectivity index (χ0) is 50.5. The van der Waals surface area contributed by atoms with Crippen molar-refractivity contribution in [3.8, 4) is 39.1 Å². The van der Waals surface area contributed by atoms with E-state index in [1.165, 1.54) is 50.1 Å². The van der Waals surface area contributed by atoms with Crippen LogP contribution in [-0.4, -0.2) is 27.4 Å². The molecule has 0 saturated heterocycles. The normalized spacial score (nSPS) is 24.7. The minimum absolute atomic E-state index is 0.0399. The number of nitrogens with zero attached hydrogens (tertiary/aromatic N) is 1. The van der Waals surface area contributed by atoms with Crippen molar-refractivity contribution in [2.75, 3.05) is 4.90 Å². The lowest BCUT2D eigenvalue weighted by molar-refractivity contribution is -0.361. The highest BCUT2D eigenvalue weighted by atomic mass is 16.7. The van der Waals surface area contributed by atoms with Crippen LogP contribution in [-0.2, 0) is 16.2 Å². The number of aliphatic hydroxyl groups is 3. The number of fused-ring (bicyclic) bond motifs is 12. The van der Waals surface area contributed by atoms with Gasteiger partial charge in [-0.3, -0.25) is 0 Å². The van der Waals surface area contributed by atoms with Crippen molar-refractivity contribution in [1.29, 1.82) is 0 Å². The van der Waals surface area contributed by atoms with Crippen molar-refractivity contribution in [3.63, 3.8) is 0 Å². The van der Waals surface area contributed by atoms with Crippen LogP contribution in [0.1, 0.15) is 111 Å². The van der Waals surface area contributed by atoms with Crippen LogP contribution in [0.4, 0.5) is 17.1 Å². The van der Waals surface area contributed by atoms with Gasteiger partial charge < -0.3 is 25.0 Å². The monoisotopic (exact) mass is 967 g/mol. The van der Waals surface area contributed by atoms with E-state index in [0.29, 0.717) is 19.3 Å². The van der Waals surface area contributed by atoms with Crippen LogP contribution in [0.15, 0.2) is 211 Å². The van der Waals surface area contributed by atoms with Gasteiger partial charge in [-0.05, 0) is 146 Å². The van der Waals surface area contributed by atoms with Gasteiger partial charge in [-0.2, -0.15) is 0 Å². The summed E-state index contributed by atoms with van der Waals surface area (Å²) in [5, 5.41) is 34.8. The highest BCUT2D eigenvalue weighted by molar-refractivity contribution is 5.89. The van der Waals surface area contributed by atoms with Crippen LogP contribution < -0.4 is 9.64 Å². The molecule has 0 aromatic heterocycles. The molecule has 0 amide bonds. The molecule has 0 fully saturated rings. The van der Waals surface area contributed by atoms with Crippen LogP contribution >= 0.6 is 0 Å². The lowest BCUT2D eigenvalue weighted by atomic mass is 9.52. The zero-order valence-corrected chi connectivity index (χ0v) is 42.7. The van der Waals surface area contributed by atoms with Crippen LogP contribution in [0.3, 0.4) is 0 Å². The minimum Gasteiger partial charge on any atom is -0.484 e. The Morgan fingerprint density at radius 2 is 1.12 bits per heavy atom. The number of para-hydroxylation sites is 1. The highest BCUT2D eigenvalue weighted by Crippen LogP contribution is 2.69. The number of ether oxygens (including phenoxy) is 1.